The summed E-state index contributed by atoms with van der Waals surface area (Å²) >= 11 is 0. The van der Waals surface area contributed by atoms with Crippen LogP contribution in [0.25, 0.3) is 0 Å². The Morgan fingerprint density at radius 1 is 0.441 bits per heavy atom. The van der Waals surface area contributed by atoms with Crippen molar-refractivity contribution in [2.45, 2.75) is 87.8 Å². The molecule has 1 N–H and O–H groups in total. The summed E-state index contributed by atoms with van der Waals surface area (Å²) in [6.07, 6.45) is -12.2. The van der Waals surface area contributed by atoms with Crippen molar-refractivity contribution in [3.63, 3.8) is 0 Å². The van der Waals surface area contributed by atoms with Gasteiger partial charge in [-0.25, -0.2) is 9.59 Å². The summed E-state index contributed by atoms with van der Waals surface area (Å²) < 4.78 is 64.9. The summed E-state index contributed by atoms with van der Waals surface area (Å²) in [4.78, 5) is 28.0. The van der Waals surface area contributed by atoms with Gasteiger partial charge in [-0.2, -0.15) is 0 Å². The first-order valence-electron chi connectivity index (χ1n) is 22.7. The van der Waals surface area contributed by atoms with Crippen LogP contribution in [0.4, 0.5) is 0 Å². The molecule has 2 aliphatic rings. The first kappa shape index (κ1) is 48.4. The Morgan fingerprint density at radius 2 is 0.824 bits per heavy atom. The van der Waals surface area contributed by atoms with E-state index < -0.39 is 73.4 Å². The van der Waals surface area contributed by atoms with Crippen molar-refractivity contribution in [1.29, 1.82) is 0 Å². The Balaban J connectivity index is 1.18. The first-order chi connectivity index (χ1) is 33.4. The van der Waals surface area contributed by atoms with E-state index in [9.17, 15) is 14.7 Å². The number of hydrogen-bond donors (Lipinski definition) is 1. The Labute approximate surface area is 396 Å². The molecule has 0 bridgehead atoms. The monoisotopic (exact) mass is 924 g/mol. The fraction of sp³-hybridized carbons (Fsp3) is 0.309. The molecule has 0 amide bonds. The van der Waals surface area contributed by atoms with E-state index in [1.54, 1.807) is 60.7 Å². The summed E-state index contributed by atoms with van der Waals surface area (Å²) in [6, 6.07) is 55.2. The number of benzene rings is 6. The van der Waals surface area contributed by atoms with Gasteiger partial charge in [0.15, 0.2) is 24.8 Å². The van der Waals surface area contributed by atoms with E-state index in [0.29, 0.717) is 0 Å². The number of aliphatic hydroxyl groups is 1. The maximum Gasteiger partial charge on any atom is 0.338 e. The van der Waals surface area contributed by atoms with E-state index in [4.69, 9.17) is 47.4 Å². The number of esters is 2. The number of carbonyl (C=O) groups is 2. The Morgan fingerprint density at radius 3 is 1.28 bits per heavy atom. The molecule has 0 spiro atoms. The Bertz CT molecular complexity index is 2400. The third-order valence-electron chi connectivity index (χ3n) is 11.6. The number of methoxy groups -OCH3 is 1. The fourth-order valence-corrected chi connectivity index (χ4v) is 8.08. The van der Waals surface area contributed by atoms with Crippen LogP contribution in [0.5, 0.6) is 0 Å². The number of ether oxygens (including phenoxy) is 10. The average Bonchev–Trinajstić information content (AvgIpc) is 3.39. The van der Waals surface area contributed by atoms with Gasteiger partial charge in [-0.1, -0.05) is 158 Å². The minimum atomic E-state index is -1.57. The van der Waals surface area contributed by atoms with Gasteiger partial charge in [0.2, 0.25) is 0 Å². The quantitative estimate of drug-likeness (QED) is 0.0699. The van der Waals surface area contributed by atoms with E-state index in [1.165, 1.54) is 7.11 Å². The zero-order chi connectivity index (χ0) is 46.9. The summed E-state index contributed by atoms with van der Waals surface area (Å²) in [7, 11) is 1.53. The van der Waals surface area contributed by atoms with Crippen molar-refractivity contribution in [3.05, 3.63) is 215 Å². The lowest BCUT2D eigenvalue weighted by Gasteiger charge is -2.49. The van der Waals surface area contributed by atoms with Gasteiger partial charge in [-0.3, -0.25) is 0 Å². The third-order valence-corrected chi connectivity index (χ3v) is 11.6. The zero-order valence-corrected chi connectivity index (χ0v) is 37.7. The smallest absolute Gasteiger partial charge is 0.338 e. The van der Waals surface area contributed by atoms with Crippen molar-refractivity contribution in [3.8, 4) is 0 Å². The molecule has 13 nitrogen and oxygen atoms in total. The third kappa shape index (κ3) is 13.1. The molecule has 354 valence electrons. The van der Waals surface area contributed by atoms with Gasteiger partial charge in [0.25, 0.3) is 0 Å². The average molecular weight is 925 g/mol. The maximum atomic E-state index is 14.1. The van der Waals surface area contributed by atoms with Gasteiger partial charge >= 0.3 is 11.9 Å². The Kier molecular flexibility index (Phi) is 17.6. The molecule has 2 saturated heterocycles. The van der Waals surface area contributed by atoms with Gasteiger partial charge in [0.1, 0.15) is 36.6 Å². The molecule has 6 aromatic carbocycles. The predicted molar refractivity (Wildman–Crippen MR) is 249 cm³/mol. The topological polar surface area (TPSA) is 147 Å². The lowest BCUT2D eigenvalue weighted by Crippen LogP contribution is -2.66. The fourth-order valence-electron chi connectivity index (χ4n) is 8.08. The molecule has 2 fully saturated rings. The molecule has 2 aliphatic heterocycles. The molecule has 0 aliphatic carbocycles. The van der Waals surface area contributed by atoms with Crippen LogP contribution in [0.15, 0.2) is 182 Å². The van der Waals surface area contributed by atoms with Crippen molar-refractivity contribution < 1.29 is 62.1 Å². The summed E-state index contributed by atoms with van der Waals surface area (Å²) in [5.74, 6) is -1.54. The molecule has 0 unspecified atom stereocenters. The van der Waals surface area contributed by atoms with Crippen LogP contribution < -0.4 is 0 Å². The molecule has 10 atom stereocenters. The lowest BCUT2D eigenvalue weighted by molar-refractivity contribution is -0.366. The van der Waals surface area contributed by atoms with Crippen LogP contribution >= 0.6 is 0 Å². The molecule has 0 aromatic heterocycles. The van der Waals surface area contributed by atoms with E-state index >= 15 is 0 Å². The molecule has 68 heavy (non-hydrogen) atoms. The van der Waals surface area contributed by atoms with Gasteiger partial charge in [0.05, 0.1) is 50.8 Å². The standard InChI is InChI=1S/C55H56O13/c1-59-54-50(63-35-41-26-14-5-15-27-41)49(62-34-40-24-12-4-13-25-40)47(45(65-54)37-61-33-39-22-10-3-11-23-39)68-55-51(67-53(58)43-30-18-7-19-31-43)48(66-52(57)42-28-16-6-17-29-42)46(56)44(64-55)36-60-32-38-20-8-2-9-21-38/h2-31,44-51,54-56H,32-37H2,1H3/t44-,45-,46-,47-,48+,49+,50-,51-,54-,55+/m1/s1. The van der Waals surface area contributed by atoms with Crippen LogP contribution in [0.1, 0.15) is 43.0 Å². The molecular formula is C55H56O13. The molecule has 0 saturated carbocycles. The SMILES string of the molecule is CO[C@@H]1O[C@H](COCc2ccccc2)[C@@H](O[C@@H]2O[C@H](COCc3ccccc3)[C@@H](O)[C@H](OC(=O)c3ccccc3)[C@H]2OC(=O)c2ccccc2)[C@H](OCc2ccccc2)[C@H]1OCc1ccccc1. The van der Waals surface area contributed by atoms with Gasteiger partial charge in [-0.05, 0) is 46.5 Å². The second-order valence-electron chi connectivity index (χ2n) is 16.4. The second kappa shape index (κ2) is 24.8. The van der Waals surface area contributed by atoms with E-state index in [-0.39, 0.29) is 50.8 Å². The molecule has 0 radical (unpaired) electrons. The highest BCUT2D eigenvalue weighted by molar-refractivity contribution is 5.90. The van der Waals surface area contributed by atoms with Crippen LogP contribution in [0.3, 0.4) is 0 Å². The number of aliphatic hydroxyl groups excluding tert-OH is 1. The van der Waals surface area contributed by atoms with Crippen LogP contribution in [0, 0.1) is 0 Å². The summed E-state index contributed by atoms with van der Waals surface area (Å²) in [5.41, 5.74) is 4.01. The van der Waals surface area contributed by atoms with Crippen LogP contribution in [0.2, 0.25) is 0 Å². The summed E-state index contributed by atoms with van der Waals surface area (Å²) in [6.45, 7) is 0.553. The molecule has 8 rings (SSSR count). The number of hydrogen-bond acceptors (Lipinski definition) is 13. The Hall–Kier alpha value is -6.10. The van der Waals surface area contributed by atoms with E-state index in [0.717, 1.165) is 22.3 Å². The highest BCUT2D eigenvalue weighted by Crippen LogP contribution is 2.36. The minimum absolute atomic E-state index is 0.0180. The van der Waals surface area contributed by atoms with E-state index in [1.807, 2.05) is 121 Å². The number of carbonyl (C=O) groups excluding carboxylic acids is 2. The van der Waals surface area contributed by atoms with Gasteiger partial charge < -0.3 is 52.5 Å². The zero-order valence-electron chi connectivity index (χ0n) is 37.7. The van der Waals surface area contributed by atoms with Crippen LogP contribution in [-0.4, -0.2) is 98.8 Å². The van der Waals surface area contributed by atoms with Crippen molar-refractivity contribution >= 4 is 11.9 Å². The van der Waals surface area contributed by atoms with Crippen molar-refractivity contribution in [2.24, 2.45) is 0 Å². The molecule has 2 heterocycles. The van der Waals surface area contributed by atoms with E-state index in [2.05, 4.69) is 0 Å². The number of rotatable bonds is 21. The molecule has 6 aromatic rings. The lowest BCUT2D eigenvalue weighted by atomic mass is 9.96. The van der Waals surface area contributed by atoms with Gasteiger partial charge in [-0.15, -0.1) is 0 Å². The predicted octanol–water partition coefficient (Wildman–Crippen LogP) is 7.88. The maximum absolute atomic E-state index is 14.1. The minimum Gasteiger partial charge on any atom is -0.452 e. The normalized spacial score (nSPS) is 24.7. The van der Waals surface area contributed by atoms with Gasteiger partial charge in [0, 0.05) is 7.11 Å². The largest absolute Gasteiger partial charge is 0.452 e. The van der Waals surface area contributed by atoms with Crippen molar-refractivity contribution in [2.75, 3.05) is 20.3 Å². The highest BCUT2D eigenvalue weighted by Gasteiger charge is 2.55. The van der Waals surface area contributed by atoms with Crippen LogP contribution in [-0.2, 0) is 73.8 Å². The second-order valence-corrected chi connectivity index (χ2v) is 16.4. The first-order valence-corrected chi connectivity index (χ1v) is 22.7. The molecular weight excluding hydrogens is 869 g/mol. The molecule has 13 heteroatoms. The summed E-state index contributed by atoms with van der Waals surface area (Å²) in [5, 5.41) is 12.2. The highest BCUT2D eigenvalue weighted by atomic mass is 16.8. The van der Waals surface area contributed by atoms with Crippen molar-refractivity contribution in [1.82, 2.24) is 0 Å².